The average molecular weight is 258 g/mol. The van der Waals surface area contributed by atoms with E-state index < -0.39 is 11.4 Å². The van der Waals surface area contributed by atoms with Crippen LogP contribution in [0.1, 0.15) is 44.7 Å². The number of hydrogen-bond donors (Lipinski definition) is 1. The lowest BCUT2D eigenvalue weighted by Gasteiger charge is -2.41. The molecule has 2 heteroatoms. The fraction of sp³-hybridized carbons (Fsp3) is 0.471. The van der Waals surface area contributed by atoms with Crippen LogP contribution in [0.2, 0.25) is 0 Å². The Morgan fingerprint density at radius 1 is 1.37 bits per heavy atom. The van der Waals surface area contributed by atoms with Crippen molar-refractivity contribution in [2.24, 2.45) is 11.8 Å². The monoisotopic (exact) mass is 258 g/mol. The first kappa shape index (κ1) is 13.9. The minimum atomic E-state index is -0.777. The van der Waals surface area contributed by atoms with Gasteiger partial charge in [0.25, 0.3) is 0 Å². The van der Waals surface area contributed by atoms with Crippen LogP contribution in [0.5, 0.6) is 0 Å². The third-order valence-electron chi connectivity index (χ3n) is 4.69. The maximum Gasteiger partial charge on any atom is 0.314 e. The average Bonchev–Trinajstić information content (AvgIpc) is 2.44. The number of fused-ring (bicyclic) bond motifs is 1. The minimum absolute atomic E-state index is 0.0647. The van der Waals surface area contributed by atoms with Gasteiger partial charge in [0.1, 0.15) is 0 Å². The molecule has 1 unspecified atom stereocenters. The third-order valence-corrected chi connectivity index (χ3v) is 4.69. The number of hydrogen-bond acceptors (Lipinski definition) is 1. The molecule has 102 valence electrons. The minimum Gasteiger partial charge on any atom is -0.481 e. The second kappa shape index (κ2) is 5.20. The largest absolute Gasteiger partial charge is 0.481 e. The molecular weight excluding hydrogens is 236 g/mol. The highest BCUT2D eigenvalue weighted by Gasteiger charge is 2.48. The van der Waals surface area contributed by atoms with E-state index >= 15 is 0 Å². The number of carboxylic acids is 1. The molecular formula is C17H22O2. The molecule has 1 aliphatic carbocycles. The van der Waals surface area contributed by atoms with Crippen molar-refractivity contribution in [1.29, 1.82) is 0 Å². The Bertz CT molecular complexity index is 504. The lowest BCUT2D eigenvalue weighted by molar-refractivity contribution is -0.146. The van der Waals surface area contributed by atoms with E-state index in [4.69, 9.17) is 0 Å². The summed E-state index contributed by atoms with van der Waals surface area (Å²) in [5, 5.41) is 9.92. The van der Waals surface area contributed by atoms with E-state index in [0.717, 1.165) is 17.5 Å². The van der Waals surface area contributed by atoms with Crippen LogP contribution in [0, 0.1) is 11.8 Å². The number of aliphatic carboxylic acids is 1. The molecule has 0 spiro atoms. The standard InChI is InChI=1S/C17H22O2/c1-4-12(3)14-11-10-13-8-6-7-9-15(13)17(14,5-2)16(18)19/h6-12,14H,4-5H2,1-3H3,(H,18,19)/t12?,14-,17+/m1/s1. The molecule has 0 saturated heterocycles. The van der Waals surface area contributed by atoms with Gasteiger partial charge in [-0.1, -0.05) is 63.6 Å². The molecule has 1 aliphatic rings. The smallest absolute Gasteiger partial charge is 0.314 e. The molecule has 0 saturated carbocycles. The Balaban J connectivity index is 2.65. The zero-order valence-electron chi connectivity index (χ0n) is 11.9. The molecule has 19 heavy (non-hydrogen) atoms. The topological polar surface area (TPSA) is 37.3 Å². The van der Waals surface area contributed by atoms with Crippen LogP contribution in [0.4, 0.5) is 0 Å². The number of benzene rings is 1. The number of allylic oxidation sites excluding steroid dienone is 1. The molecule has 1 aromatic rings. The van der Waals surface area contributed by atoms with Crippen LogP contribution < -0.4 is 0 Å². The van der Waals surface area contributed by atoms with Gasteiger partial charge in [0.15, 0.2) is 0 Å². The van der Waals surface area contributed by atoms with Crippen LogP contribution in [-0.4, -0.2) is 11.1 Å². The highest BCUT2D eigenvalue weighted by atomic mass is 16.4. The molecule has 0 fully saturated rings. The molecule has 0 radical (unpaired) electrons. The van der Waals surface area contributed by atoms with Crippen molar-refractivity contribution >= 4 is 12.0 Å². The van der Waals surface area contributed by atoms with Gasteiger partial charge in [-0.15, -0.1) is 0 Å². The summed E-state index contributed by atoms with van der Waals surface area (Å²) in [6.07, 6.45) is 5.81. The van der Waals surface area contributed by atoms with Gasteiger partial charge in [0.05, 0.1) is 5.41 Å². The van der Waals surface area contributed by atoms with E-state index in [1.54, 1.807) is 0 Å². The van der Waals surface area contributed by atoms with Gasteiger partial charge in [0, 0.05) is 0 Å². The summed E-state index contributed by atoms with van der Waals surface area (Å²) in [4.78, 5) is 12.1. The van der Waals surface area contributed by atoms with E-state index in [-0.39, 0.29) is 5.92 Å². The fourth-order valence-electron chi connectivity index (χ4n) is 3.36. The van der Waals surface area contributed by atoms with E-state index in [9.17, 15) is 9.90 Å². The molecule has 2 rings (SSSR count). The van der Waals surface area contributed by atoms with Gasteiger partial charge in [0.2, 0.25) is 0 Å². The first-order valence-electron chi connectivity index (χ1n) is 7.09. The van der Waals surface area contributed by atoms with Crippen LogP contribution in [0.25, 0.3) is 6.08 Å². The van der Waals surface area contributed by atoms with Crippen molar-refractivity contribution in [3.8, 4) is 0 Å². The van der Waals surface area contributed by atoms with Crippen LogP contribution in [0.15, 0.2) is 30.3 Å². The summed E-state index contributed by atoms with van der Waals surface area (Å²) in [7, 11) is 0. The molecule has 1 N–H and O–H groups in total. The molecule has 0 heterocycles. The maximum atomic E-state index is 12.1. The second-order valence-corrected chi connectivity index (χ2v) is 5.49. The zero-order chi connectivity index (χ0) is 14.0. The van der Waals surface area contributed by atoms with Gasteiger partial charge in [-0.25, -0.2) is 0 Å². The third kappa shape index (κ3) is 1.99. The Morgan fingerprint density at radius 2 is 2.05 bits per heavy atom. The summed E-state index contributed by atoms with van der Waals surface area (Å²) < 4.78 is 0. The maximum absolute atomic E-state index is 12.1. The Hall–Kier alpha value is -1.57. The summed E-state index contributed by atoms with van der Waals surface area (Å²) in [6.45, 7) is 6.26. The van der Waals surface area contributed by atoms with Crippen molar-refractivity contribution in [1.82, 2.24) is 0 Å². The van der Waals surface area contributed by atoms with Crippen LogP contribution in [-0.2, 0) is 10.2 Å². The normalized spacial score (nSPS) is 26.8. The molecule has 0 aromatic heterocycles. The van der Waals surface area contributed by atoms with Gasteiger partial charge in [-0.3, -0.25) is 4.79 Å². The van der Waals surface area contributed by atoms with Gasteiger partial charge in [-0.05, 0) is 29.4 Å². The summed E-state index contributed by atoms with van der Waals surface area (Å²) in [5.41, 5.74) is 1.24. The number of carboxylic acid groups (broad SMARTS) is 1. The predicted octanol–water partition coefficient (Wildman–Crippen LogP) is 4.11. The van der Waals surface area contributed by atoms with Gasteiger partial charge < -0.3 is 5.11 Å². The van der Waals surface area contributed by atoms with Gasteiger partial charge >= 0.3 is 5.97 Å². The van der Waals surface area contributed by atoms with Crippen molar-refractivity contribution < 1.29 is 9.90 Å². The van der Waals surface area contributed by atoms with E-state index in [1.165, 1.54) is 0 Å². The zero-order valence-corrected chi connectivity index (χ0v) is 11.9. The SMILES string of the molecule is CCC(C)[C@H]1C=Cc2ccccc2[C@@]1(CC)C(=O)O. The fourth-order valence-corrected chi connectivity index (χ4v) is 3.36. The summed E-state index contributed by atoms with van der Waals surface area (Å²) in [5.74, 6) is -0.271. The van der Waals surface area contributed by atoms with Crippen molar-refractivity contribution in [2.45, 2.75) is 39.0 Å². The second-order valence-electron chi connectivity index (χ2n) is 5.49. The Morgan fingerprint density at radius 3 is 2.63 bits per heavy atom. The van der Waals surface area contributed by atoms with Crippen LogP contribution in [0.3, 0.4) is 0 Å². The van der Waals surface area contributed by atoms with Gasteiger partial charge in [-0.2, -0.15) is 0 Å². The van der Waals surface area contributed by atoms with Crippen LogP contribution >= 0.6 is 0 Å². The lowest BCUT2D eigenvalue weighted by Crippen LogP contribution is -2.46. The summed E-state index contributed by atoms with van der Waals surface area (Å²) in [6, 6.07) is 7.89. The first-order chi connectivity index (χ1) is 9.07. The molecule has 0 bridgehead atoms. The molecule has 0 aliphatic heterocycles. The van der Waals surface area contributed by atoms with E-state index in [0.29, 0.717) is 12.3 Å². The molecule has 3 atom stereocenters. The number of rotatable bonds is 4. The number of carbonyl (C=O) groups is 1. The van der Waals surface area contributed by atoms with Crippen molar-refractivity contribution in [2.75, 3.05) is 0 Å². The highest BCUT2D eigenvalue weighted by Crippen LogP contribution is 2.46. The molecule has 1 aromatic carbocycles. The first-order valence-corrected chi connectivity index (χ1v) is 7.09. The quantitative estimate of drug-likeness (QED) is 0.882. The van der Waals surface area contributed by atoms with E-state index in [1.807, 2.05) is 31.2 Å². The molecule has 2 nitrogen and oxygen atoms in total. The van der Waals surface area contributed by atoms with Crippen molar-refractivity contribution in [3.05, 3.63) is 41.5 Å². The molecule has 0 amide bonds. The summed E-state index contributed by atoms with van der Waals surface area (Å²) >= 11 is 0. The Labute approximate surface area is 115 Å². The van der Waals surface area contributed by atoms with E-state index in [2.05, 4.69) is 26.0 Å². The highest BCUT2D eigenvalue weighted by molar-refractivity contribution is 5.85. The lowest BCUT2D eigenvalue weighted by atomic mass is 9.60. The predicted molar refractivity (Wildman–Crippen MR) is 78.0 cm³/mol. The Kier molecular flexibility index (Phi) is 3.79. The van der Waals surface area contributed by atoms with Crippen molar-refractivity contribution in [3.63, 3.8) is 0 Å².